The first-order valence-corrected chi connectivity index (χ1v) is 46.2. The summed E-state index contributed by atoms with van der Waals surface area (Å²) in [5.41, 5.74) is 14.5. The number of para-hydroxylation sites is 2. The van der Waals surface area contributed by atoms with Crippen LogP contribution in [-0.4, -0.2) is 140 Å². The van der Waals surface area contributed by atoms with E-state index < -0.39 is 35.6 Å². The zero-order valence-electron chi connectivity index (χ0n) is 79.9. The minimum Gasteiger partial charge on any atom is -0.383 e. The fourth-order valence-corrected chi connectivity index (χ4v) is 18.0. The van der Waals surface area contributed by atoms with Crippen LogP contribution in [0.1, 0.15) is 113 Å². The number of benzene rings is 6. The van der Waals surface area contributed by atoms with E-state index in [0.29, 0.717) is 76.2 Å². The van der Waals surface area contributed by atoms with E-state index in [0.717, 1.165) is 130 Å². The van der Waals surface area contributed by atoms with Gasteiger partial charge in [0.15, 0.2) is 40.4 Å². The first-order valence-electron chi connectivity index (χ1n) is 46.2. The Kier molecular flexibility index (Phi) is 26.4. The maximum Gasteiger partial charge on any atom is 0.434 e. The average Bonchev–Trinajstić information content (AvgIpc) is 1.63. The molecule has 4 aliphatic rings. The smallest absolute Gasteiger partial charge is 0.383 e. The third-order valence-corrected chi connectivity index (χ3v) is 25.3. The van der Waals surface area contributed by atoms with Crippen molar-refractivity contribution in [3.63, 3.8) is 0 Å². The fraction of sp³-hybridized carbons (Fsp3) is 0.236. The highest BCUT2D eigenvalue weighted by molar-refractivity contribution is 6.04. The Morgan fingerprint density at radius 3 is 1.09 bits per heavy atom. The second kappa shape index (κ2) is 39.5. The van der Waals surface area contributed by atoms with Crippen molar-refractivity contribution in [2.24, 2.45) is 35.2 Å². The van der Waals surface area contributed by atoms with Gasteiger partial charge in [0, 0.05) is 195 Å². The van der Waals surface area contributed by atoms with Gasteiger partial charge in [-0.05, 0) is 82.6 Å². The lowest BCUT2D eigenvalue weighted by Crippen LogP contribution is -2.26. The first-order chi connectivity index (χ1) is 69.5. The van der Waals surface area contributed by atoms with Gasteiger partial charge in [-0.2, -0.15) is 49.7 Å². The number of carbonyl (C=O) groups is 4. The van der Waals surface area contributed by atoms with Crippen LogP contribution in [-0.2, 0) is 136 Å². The van der Waals surface area contributed by atoms with Crippen molar-refractivity contribution in [2.75, 3.05) is 33.3 Å². The van der Waals surface area contributed by atoms with Crippen LogP contribution >= 0.6 is 0 Å². The summed E-state index contributed by atoms with van der Waals surface area (Å²) in [5.74, 6) is 5.32. The number of hydrogen-bond donors (Lipinski definition) is 0. The van der Waals surface area contributed by atoms with Crippen molar-refractivity contribution in [1.82, 2.24) is 103 Å². The van der Waals surface area contributed by atoms with Gasteiger partial charge in [0.25, 0.3) is 0 Å². The van der Waals surface area contributed by atoms with E-state index >= 15 is 0 Å². The monoisotopic (exact) mass is 1970 g/mol. The molecule has 0 radical (unpaired) electrons. The second-order valence-corrected chi connectivity index (χ2v) is 36.1. The Balaban J connectivity index is 0.000000122. The summed E-state index contributed by atoms with van der Waals surface area (Å²) >= 11 is 0. The number of ether oxygens (including phenoxy) is 1. The van der Waals surface area contributed by atoms with Crippen molar-refractivity contribution in [1.29, 1.82) is 0 Å². The molecule has 0 fully saturated rings. The quantitative estimate of drug-likeness (QED) is 0.0603. The van der Waals surface area contributed by atoms with E-state index in [1.54, 1.807) is 145 Å². The minimum absolute atomic E-state index is 0.0375. The standard InChI is InChI=1S/C28H27F3N6O2.C27H21F3N6O.C26H20F3N7O.C25H24N6O/c1-17(2)24-21(5-4-10-32-24)25-33-14-20-13-23(38)37(27(20)35-25)15-18-6-8-19(9-7-18)26-34-22(28(29,30)31)16-36(26)11-12-39-3;1-34-11-10-17-4-3-5-20(23(17)34)24-31-13-19-12-22(37)36(26(19)33-24)14-16-6-8-18(9-7-16)25-32-21(15-35(25)2)27(28,29)30;1-34-14-20(26(27,28)29)32-24(34)16-8-6-15(7-9-16)13-36-21(37)10-18-11-30-23(33-25(18)36)19-5-3-4-17-12-31-35(2)22(17)19;1-16(2)23-20(5-4-11-26-23)24-27-14-19-13-22(32)31(25(19)28-24)15-17-6-8-18(9-7-17)21-10-12-30(3)29-21/h4-10,14,16-17H,11-13,15H2,1-3H3;3-11,13,15H,12,14H2,1-2H3;3-9,11-12,14H,10,13H2,1-2H3;4-12,14,16H,13,15H2,1-3H3. The molecule has 734 valence electrons. The molecule has 12 aromatic heterocycles. The maximum atomic E-state index is 13.3. The van der Waals surface area contributed by atoms with Gasteiger partial charge in [-0.3, -0.25) is 58.1 Å². The molecule has 39 heteroatoms. The number of carbonyl (C=O) groups excluding carboxylic acids is 4. The molecule has 22 rings (SSSR count). The third-order valence-electron chi connectivity index (χ3n) is 25.3. The van der Waals surface area contributed by atoms with Crippen molar-refractivity contribution < 1.29 is 63.4 Å². The predicted octanol–water partition coefficient (Wildman–Crippen LogP) is 19.1. The number of pyridine rings is 2. The molecule has 0 spiro atoms. The van der Waals surface area contributed by atoms with Gasteiger partial charge in [0.2, 0.25) is 23.6 Å². The summed E-state index contributed by atoms with van der Waals surface area (Å²) in [6.07, 6.45) is 6.37. The number of aromatic nitrogens is 21. The normalized spacial score (nSPS) is 13.4. The number of amides is 4. The molecular weight excluding hydrogens is 1870 g/mol. The number of nitrogens with zero attached hydrogens (tertiary/aromatic N) is 25. The molecule has 0 unspecified atom stereocenters. The summed E-state index contributed by atoms with van der Waals surface area (Å²) in [4.78, 5) is 116. The number of alkyl halides is 9. The molecule has 6 aromatic carbocycles. The van der Waals surface area contributed by atoms with Crippen LogP contribution in [0.2, 0.25) is 0 Å². The molecule has 4 aliphatic heterocycles. The van der Waals surface area contributed by atoms with Gasteiger partial charge < -0.3 is 23.0 Å². The maximum absolute atomic E-state index is 13.3. The topological polar surface area (TPSA) is 313 Å². The molecule has 16 heterocycles. The van der Waals surface area contributed by atoms with E-state index in [4.69, 9.17) is 24.7 Å². The summed E-state index contributed by atoms with van der Waals surface area (Å²) in [6, 6.07) is 52.5. The van der Waals surface area contributed by atoms with E-state index in [1.165, 1.54) is 34.9 Å². The lowest BCUT2D eigenvalue weighted by atomic mass is 10.0. The van der Waals surface area contributed by atoms with Crippen molar-refractivity contribution in [3.05, 3.63) is 317 Å². The largest absolute Gasteiger partial charge is 0.434 e. The molecular formula is C106H92F9N25O5. The summed E-state index contributed by atoms with van der Waals surface area (Å²) < 4.78 is 133. The van der Waals surface area contributed by atoms with Crippen molar-refractivity contribution in [3.8, 4) is 91.0 Å². The number of imidazole rings is 3. The van der Waals surface area contributed by atoms with Crippen molar-refractivity contribution in [2.45, 2.75) is 116 Å². The molecule has 4 amide bonds. The number of anilines is 4. The third kappa shape index (κ3) is 20.1. The highest BCUT2D eigenvalue weighted by Gasteiger charge is 2.40. The zero-order chi connectivity index (χ0) is 102. The molecule has 0 aliphatic carbocycles. The van der Waals surface area contributed by atoms with Gasteiger partial charge in [-0.15, -0.1) is 0 Å². The van der Waals surface area contributed by atoms with Crippen LogP contribution in [0.5, 0.6) is 0 Å². The summed E-state index contributed by atoms with van der Waals surface area (Å²) in [5, 5.41) is 10.8. The van der Waals surface area contributed by atoms with Crippen LogP contribution in [0.25, 0.3) is 113 Å². The lowest BCUT2D eigenvalue weighted by Gasteiger charge is -2.18. The Morgan fingerprint density at radius 1 is 0.359 bits per heavy atom. The molecule has 0 saturated heterocycles. The van der Waals surface area contributed by atoms with Gasteiger partial charge in [0.05, 0.1) is 92.8 Å². The summed E-state index contributed by atoms with van der Waals surface area (Å²) in [6.45, 7) is 10.1. The van der Waals surface area contributed by atoms with Crippen LogP contribution in [0, 0.1) is 0 Å². The number of fused-ring (bicyclic) bond motifs is 6. The Bertz CT molecular complexity index is 7730. The Morgan fingerprint density at radius 2 is 0.717 bits per heavy atom. The SMILES string of the molecule is CC(C)c1ncccc1-c1ncc2c(n1)N(Cc1ccc(-c3ccn(C)n3)cc1)C(=O)C2.COCCn1cc(C(F)(F)F)nc1-c1ccc(CN2C(=O)Cc3cnc(-c4cccnc4C(C)C)nc32)cc1.Cn1cc(C(F)(F)F)nc1-c1ccc(CN2C(=O)Cc3cnc(-c4cccc5ccn(C)c45)nc32)cc1.Cn1cc(C(F)(F)F)nc1-c1ccc(CN2C(=O)Cc3cnc(-c4cccc5cnn(C)c45)nc32)cc1. The number of hydrogen-bond acceptors (Lipinski definition) is 20. The molecule has 18 aromatic rings. The highest BCUT2D eigenvalue weighted by atomic mass is 19.4. The first kappa shape index (κ1) is 96.9. The molecule has 0 saturated carbocycles. The van der Waals surface area contributed by atoms with E-state index in [1.807, 2.05) is 149 Å². The Labute approximate surface area is 823 Å². The Hall–Kier alpha value is -17.0. The minimum atomic E-state index is -4.55. The van der Waals surface area contributed by atoms with E-state index in [2.05, 4.69) is 68.9 Å². The van der Waals surface area contributed by atoms with Crippen LogP contribution in [0.4, 0.5) is 62.8 Å². The number of methoxy groups -OCH3 is 1. The fourth-order valence-electron chi connectivity index (χ4n) is 18.0. The van der Waals surface area contributed by atoms with Gasteiger partial charge >= 0.3 is 18.5 Å². The van der Waals surface area contributed by atoms with Crippen LogP contribution < -0.4 is 19.6 Å². The molecule has 0 bridgehead atoms. The van der Waals surface area contributed by atoms with E-state index in [-0.39, 0.29) is 105 Å². The van der Waals surface area contributed by atoms with Gasteiger partial charge in [-0.25, -0.2) is 54.8 Å². The summed E-state index contributed by atoms with van der Waals surface area (Å²) in [7, 11) is 10.3. The number of halogens is 9. The van der Waals surface area contributed by atoms with Crippen LogP contribution in [0.3, 0.4) is 0 Å². The molecule has 0 N–H and O–H groups in total. The van der Waals surface area contributed by atoms with Gasteiger partial charge in [-0.1, -0.05) is 149 Å². The lowest BCUT2D eigenvalue weighted by molar-refractivity contribution is -0.141. The molecule has 30 nitrogen and oxygen atoms in total. The van der Waals surface area contributed by atoms with Crippen LogP contribution in [0.15, 0.2) is 244 Å². The average molecular weight is 1970 g/mol. The van der Waals surface area contributed by atoms with Crippen molar-refractivity contribution >= 4 is 68.7 Å². The zero-order valence-corrected chi connectivity index (χ0v) is 79.9. The second-order valence-electron chi connectivity index (χ2n) is 36.1. The number of rotatable bonds is 21. The predicted molar refractivity (Wildman–Crippen MR) is 524 cm³/mol. The van der Waals surface area contributed by atoms with Gasteiger partial charge in [0.1, 0.15) is 40.7 Å². The molecule has 0 atom stereocenters. The highest BCUT2D eigenvalue weighted by Crippen LogP contribution is 2.42. The molecule has 145 heavy (non-hydrogen) atoms. The number of aryl methyl sites for hydroxylation is 5. The van der Waals surface area contributed by atoms with E-state index in [9.17, 15) is 58.7 Å².